The van der Waals surface area contributed by atoms with E-state index in [2.05, 4.69) is 16.7 Å². The van der Waals surface area contributed by atoms with Crippen molar-refractivity contribution in [3.8, 4) is 0 Å². The summed E-state index contributed by atoms with van der Waals surface area (Å²) in [5, 5.41) is 0. The van der Waals surface area contributed by atoms with Gasteiger partial charge in [0.1, 0.15) is 5.82 Å². The van der Waals surface area contributed by atoms with Crippen LogP contribution in [-0.2, 0) is 33.7 Å². The third kappa shape index (κ3) is 4.88. The molecule has 7 nitrogen and oxygen atoms in total. The second kappa shape index (κ2) is 11.1. The zero-order valence-electron chi connectivity index (χ0n) is 22.1. The lowest BCUT2D eigenvalue weighted by Gasteiger charge is -2.34. The van der Waals surface area contributed by atoms with Gasteiger partial charge in [0.2, 0.25) is 0 Å². The normalized spacial score (nSPS) is 15.7. The van der Waals surface area contributed by atoms with Gasteiger partial charge in [-0.1, -0.05) is 60.7 Å². The lowest BCUT2D eigenvalue weighted by Crippen LogP contribution is -2.42. The summed E-state index contributed by atoms with van der Waals surface area (Å²) in [5.41, 5.74) is 5.76. The van der Waals surface area contributed by atoms with Crippen LogP contribution in [0.4, 0.5) is 10.5 Å². The van der Waals surface area contributed by atoms with Gasteiger partial charge in [0.05, 0.1) is 36.4 Å². The highest BCUT2D eigenvalue weighted by Crippen LogP contribution is 2.37. The number of carbonyl (C=O) groups is 2. The van der Waals surface area contributed by atoms with Crippen LogP contribution in [0.1, 0.15) is 48.7 Å². The van der Waals surface area contributed by atoms with Crippen molar-refractivity contribution in [2.75, 3.05) is 18.6 Å². The summed E-state index contributed by atoms with van der Waals surface area (Å²) >= 11 is 0. The van der Waals surface area contributed by atoms with Crippen LogP contribution in [0.25, 0.3) is 11.0 Å². The predicted octanol–water partition coefficient (Wildman–Crippen LogP) is 5.88. The molecule has 38 heavy (non-hydrogen) atoms. The summed E-state index contributed by atoms with van der Waals surface area (Å²) in [7, 11) is 1.41. The molecule has 3 aromatic carbocycles. The van der Waals surface area contributed by atoms with Crippen LogP contribution in [-0.4, -0.2) is 41.4 Å². The molecular formula is C31H33N3O4. The van der Waals surface area contributed by atoms with Gasteiger partial charge in [-0.25, -0.2) is 9.78 Å². The number of esters is 1. The Balaban J connectivity index is 1.65. The van der Waals surface area contributed by atoms with Gasteiger partial charge in [0, 0.05) is 24.6 Å². The summed E-state index contributed by atoms with van der Waals surface area (Å²) in [5.74, 6) is 0.0667. The van der Waals surface area contributed by atoms with Gasteiger partial charge in [0.15, 0.2) is 0 Å². The Morgan fingerprint density at radius 3 is 2.42 bits per heavy atom. The maximum atomic E-state index is 13.1. The van der Waals surface area contributed by atoms with Gasteiger partial charge < -0.3 is 14.0 Å². The number of carbonyl (C=O) groups excluding carboxylic acids is 2. The number of amides is 1. The largest absolute Gasteiger partial charge is 0.466 e. The molecule has 1 unspecified atom stereocenters. The lowest BCUT2D eigenvalue weighted by molar-refractivity contribution is -0.145. The number of benzene rings is 3. The van der Waals surface area contributed by atoms with Gasteiger partial charge in [-0.3, -0.25) is 9.69 Å². The third-order valence-corrected chi connectivity index (χ3v) is 7.31. The molecule has 0 fully saturated rings. The smallest absolute Gasteiger partial charge is 0.414 e. The molecule has 0 N–H and O–H groups in total. The first kappa shape index (κ1) is 25.5. The van der Waals surface area contributed by atoms with E-state index in [0.29, 0.717) is 19.6 Å². The van der Waals surface area contributed by atoms with Crippen LogP contribution in [0, 0.1) is 0 Å². The van der Waals surface area contributed by atoms with Crippen molar-refractivity contribution >= 4 is 28.8 Å². The van der Waals surface area contributed by atoms with E-state index in [9.17, 15) is 9.59 Å². The fourth-order valence-corrected chi connectivity index (χ4v) is 5.40. The van der Waals surface area contributed by atoms with Crippen LogP contribution in [0.5, 0.6) is 0 Å². The number of anilines is 1. The average molecular weight is 512 g/mol. The molecule has 2 heterocycles. The number of hydrogen-bond acceptors (Lipinski definition) is 5. The Morgan fingerprint density at radius 1 is 1.03 bits per heavy atom. The fraction of sp³-hybridized carbons (Fsp3) is 0.323. The van der Waals surface area contributed by atoms with E-state index >= 15 is 0 Å². The van der Waals surface area contributed by atoms with Gasteiger partial charge in [0.25, 0.3) is 0 Å². The number of nitrogens with zero attached hydrogens (tertiary/aromatic N) is 3. The van der Waals surface area contributed by atoms with Crippen molar-refractivity contribution in [2.24, 2.45) is 0 Å². The van der Waals surface area contributed by atoms with Gasteiger partial charge in [-0.2, -0.15) is 0 Å². The van der Waals surface area contributed by atoms with E-state index < -0.39 is 5.92 Å². The molecule has 1 amide bonds. The molecule has 4 aromatic rings. The van der Waals surface area contributed by atoms with Crippen molar-refractivity contribution in [3.05, 3.63) is 95.3 Å². The first-order valence-electron chi connectivity index (χ1n) is 13.2. The topological polar surface area (TPSA) is 73.7 Å². The SMILES string of the molecule is CCOC(=O)C(Cc1nc2c3c(ccc2n1Cc1ccccc1)N(C(=O)OC)[C@@H](C)CC3)c1ccccc1. The van der Waals surface area contributed by atoms with Gasteiger partial charge >= 0.3 is 12.1 Å². The number of methoxy groups -OCH3 is 1. The monoisotopic (exact) mass is 511 g/mol. The van der Waals surface area contributed by atoms with Gasteiger partial charge in [-0.15, -0.1) is 0 Å². The minimum Gasteiger partial charge on any atom is -0.466 e. The molecule has 0 spiro atoms. The Labute approximate surface area is 223 Å². The van der Waals surface area contributed by atoms with Crippen molar-refractivity contribution in [1.82, 2.24) is 9.55 Å². The number of aromatic nitrogens is 2. The summed E-state index contributed by atoms with van der Waals surface area (Å²) in [6, 6.07) is 24.0. The molecule has 0 saturated heterocycles. The van der Waals surface area contributed by atoms with Crippen LogP contribution >= 0.6 is 0 Å². The molecule has 0 bridgehead atoms. The molecule has 2 atom stereocenters. The van der Waals surface area contributed by atoms with Gasteiger partial charge in [-0.05, 0) is 49.9 Å². The molecule has 1 aliphatic rings. The molecule has 1 aliphatic heterocycles. The molecule has 7 heteroatoms. The van der Waals surface area contributed by atoms with Crippen molar-refractivity contribution in [3.63, 3.8) is 0 Å². The number of aryl methyl sites for hydroxylation is 1. The molecule has 0 aliphatic carbocycles. The van der Waals surface area contributed by atoms with E-state index in [-0.39, 0.29) is 18.1 Å². The van der Waals surface area contributed by atoms with E-state index in [0.717, 1.165) is 52.1 Å². The third-order valence-electron chi connectivity index (χ3n) is 7.31. The molecule has 5 rings (SSSR count). The molecule has 0 saturated carbocycles. The Kier molecular flexibility index (Phi) is 7.45. The number of ether oxygens (including phenoxy) is 2. The minimum absolute atomic E-state index is 0.0320. The highest BCUT2D eigenvalue weighted by atomic mass is 16.5. The standard InChI is InChI=1S/C31H33N3O4/c1-4-38-30(35)25(23-13-9-6-10-14-23)19-28-32-29-24-16-15-21(2)34(31(36)37-3)26(24)17-18-27(29)33(28)20-22-11-7-5-8-12-22/h5-14,17-18,21,25H,4,15-16,19-20H2,1-3H3/t21-,25?/m0/s1. The van der Waals surface area contributed by atoms with Crippen LogP contribution < -0.4 is 4.90 Å². The first-order chi connectivity index (χ1) is 18.5. The fourth-order valence-electron chi connectivity index (χ4n) is 5.40. The van der Waals surface area contributed by atoms with Crippen molar-refractivity contribution in [1.29, 1.82) is 0 Å². The number of imidazole rings is 1. The Bertz CT molecular complexity index is 1430. The van der Waals surface area contributed by atoms with Crippen LogP contribution in [0.2, 0.25) is 0 Å². The van der Waals surface area contributed by atoms with E-state index in [1.165, 1.54) is 7.11 Å². The maximum Gasteiger partial charge on any atom is 0.414 e. The maximum absolute atomic E-state index is 13.1. The Hall–Kier alpha value is -4.13. The summed E-state index contributed by atoms with van der Waals surface area (Å²) in [4.78, 5) is 32.7. The first-order valence-corrected chi connectivity index (χ1v) is 13.2. The number of hydrogen-bond donors (Lipinski definition) is 0. The van der Waals surface area contributed by atoms with Crippen molar-refractivity contribution in [2.45, 2.75) is 51.6 Å². The molecule has 1 aromatic heterocycles. The second-order valence-electron chi connectivity index (χ2n) is 9.68. The highest BCUT2D eigenvalue weighted by Gasteiger charge is 2.32. The minimum atomic E-state index is -0.482. The predicted molar refractivity (Wildman–Crippen MR) is 147 cm³/mol. The quantitative estimate of drug-likeness (QED) is 0.290. The van der Waals surface area contributed by atoms with E-state index in [4.69, 9.17) is 14.5 Å². The van der Waals surface area contributed by atoms with Crippen LogP contribution in [0.15, 0.2) is 72.8 Å². The highest BCUT2D eigenvalue weighted by molar-refractivity contribution is 5.95. The van der Waals surface area contributed by atoms with Crippen LogP contribution in [0.3, 0.4) is 0 Å². The summed E-state index contributed by atoms with van der Waals surface area (Å²) in [6.45, 7) is 4.79. The second-order valence-corrected chi connectivity index (χ2v) is 9.68. The molecular weight excluding hydrogens is 478 g/mol. The average Bonchev–Trinajstić information content (AvgIpc) is 3.29. The summed E-state index contributed by atoms with van der Waals surface area (Å²) < 4.78 is 12.8. The molecule has 0 radical (unpaired) electrons. The lowest BCUT2D eigenvalue weighted by atomic mass is 9.95. The zero-order valence-corrected chi connectivity index (χ0v) is 22.1. The zero-order chi connectivity index (χ0) is 26.6. The number of rotatable bonds is 7. The Morgan fingerprint density at radius 2 is 1.74 bits per heavy atom. The molecule has 196 valence electrons. The number of fused-ring (bicyclic) bond motifs is 3. The van der Waals surface area contributed by atoms with E-state index in [1.807, 2.05) is 74.5 Å². The van der Waals surface area contributed by atoms with Crippen molar-refractivity contribution < 1.29 is 19.1 Å². The van der Waals surface area contributed by atoms with E-state index in [1.54, 1.807) is 4.90 Å². The summed E-state index contributed by atoms with van der Waals surface area (Å²) in [6.07, 6.45) is 1.66.